The van der Waals surface area contributed by atoms with Crippen molar-refractivity contribution in [2.45, 2.75) is 58.7 Å². The van der Waals surface area contributed by atoms with Crippen molar-refractivity contribution < 1.29 is 23.2 Å². The first-order chi connectivity index (χ1) is 12.2. The molecule has 2 aromatic rings. The summed E-state index contributed by atoms with van der Waals surface area (Å²) in [5.41, 5.74) is 0.115. The smallest absolute Gasteiger partial charge is 0.449 e. The van der Waals surface area contributed by atoms with Crippen LogP contribution in [0, 0.1) is 5.82 Å². The third-order valence-corrected chi connectivity index (χ3v) is 5.23. The molecular formula is C19H25BFNO4. The molecule has 1 fully saturated rings. The van der Waals surface area contributed by atoms with Gasteiger partial charge in [-0.05, 0) is 46.2 Å². The van der Waals surface area contributed by atoms with E-state index in [1.54, 1.807) is 12.3 Å². The molecule has 0 amide bonds. The summed E-state index contributed by atoms with van der Waals surface area (Å²) in [5.74, 6) is -0.418. The highest BCUT2D eigenvalue weighted by atomic mass is 19.1. The molecule has 0 bridgehead atoms. The van der Waals surface area contributed by atoms with Crippen molar-refractivity contribution in [2.24, 2.45) is 0 Å². The zero-order chi connectivity index (χ0) is 19.1. The van der Waals surface area contributed by atoms with Crippen molar-refractivity contribution in [2.75, 3.05) is 6.61 Å². The predicted octanol–water partition coefficient (Wildman–Crippen LogP) is 3.86. The van der Waals surface area contributed by atoms with Gasteiger partial charge in [-0.25, -0.2) is 9.18 Å². The van der Waals surface area contributed by atoms with Crippen LogP contribution in [-0.4, -0.2) is 35.6 Å². The van der Waals surface area contributed by atoms with Crippen LogP contribution in [0.3, 0.4) is 0 Å². The van der Waals surface area contributed by atoms with Gasteiger partial charge in [0.05, 0.1) is 23.3 Å². The number of aromatic nitrogens is 1. The van der Waals surface area contributed by atoms with Crippen LogP contribution in [0.2, 0.25) is 0 Å². The minimum Gasteiger partial charge on any atom is -0.449 e. The van der Waals surface area contributed by atoms with Crippen molar-refractivity contribution in [3.8, 4) is 0 Å². The first kappa shape index (κ1) is 18.9. The third-order valence-electron chi connectivity index (χ3n) is 5.23. The van der Waals surface area contributed by atoms with E-state index in [2.05, 4.69) is 0 Å². The zero-order valence-corrected chi connectivity index (χ0v) is 16.0. The van der Waals surface area contributed by atoms with Crippen LogP contribution in [-0.2, 0) is 14.0 Å². The first-order valence-electron chi connectivity index (χ1n) is 8.99. The summed E-state index contributed by atoms with van der Waals surface area (Å²) >= 11 is 0. The summed E-state index contributed by atoms with van der Waals surface area (Å²) in [7, 11) is -0.641. The normalized spacial score (nSPS) is 18.5. The maximum Gasteiger partial charge on any atom is 0.497 e. The van der Waals surface area contributed by atoms with Gasteiger partial charge in [0.1, 0.15) is 5.82 Å². The fourth-order valence-corrected chi connectivity index (χ4v) is 2.91. The van der Waals surface area contributed by atoms with Gasteiger partial charge in [-0.3, -0.25) is 4.57 Å². The third kappa shape index (κ3) is 3.26. The molecule has 2 heterocycles. The van der Waals surface area contributed by atoms with Gasteiger partial charge in [-0.2, -0.15) is 0 Å². The van der Waals surface area contributed by atoms with Gasteiger partial charge in [0.15, 0.2) is 0 Å². The average molecular weight is 361 g/mol. The molecule has 1 saturated heterocycles. The summed E-state index contributed by atoms with van der Waals surface area (Å²) in [6.07, 6.45) is 2.80. The van der Waals surface area contributed by atoms with Crippen molar-refractivity contribution in [3.05, 3.63) is 30.2 Å². The summed E-state index contributed by atoms with van der Waals surface area (Å²) in [6, 6.07) is 4.33. The number of nitrogens with zero attached hydrogens (tertiary/aromatic N) is 1. The Morgan fingerprint density at radius 2 is 1.88 bits per heavy atom. The minimum atomic E-state index is -0.641. The molecule has 0 radical (unpaired) electrons. The van der Waals surface area contributed by atoms with Crippen molar-refractivity contribution in [1.29, 1.82) is 0 Å². The second-order valence-electron chi connectivity index (χ2n) is 7.67. The molecule has 0 atom stereocenters. The fraction of sp³-hybridized carbons (Fsp3) is 0.526. The fourth-order valence-electron chi connectivity index (χ4n) is 2.91. The molecule has 1 aromatic heterocycles. The van der Waals surface area contributed by atoms with E-state index in [0.29, 0.717) is 23.0 Å². The molecule has 5 nitrogen and oxygen atoms in total. The van der Waals surface area contributed by atoms with Crippen LogP contribution >= 0.6 is 0 Å². The first-order valence-corrected chi connectivity index (χ1v) is 8.99. The van der Waals surface area contributed by atoms with E-state index in [1.807, 2.05) is 34.6 Å². The van der Waals surface area contributed by atoms with Crippen LogP contribution in [0.15, 0.2) is 24.4 Å². The Morgan fingerprint density at radius 1 is 1.23 bits per heavy atom. The van der Waals surface area contributed by atoms with Crippen LogP contribution in [0.25, 0.3) is 10.9 Å². The number of fused-ring (bicyclic) bond motifs is 1. The maximum atomic E-state index is 13.8. The van der Waals surface area contributed by atoms with Crippen molar-refractivity contribution in [3.63, 3.8) is 0 Å². The quantitative estimate of drug-likeness (QED) is 0.613. The van der Waals surface area contributed by atoms with Gasteiger partial charge in [-0.1, -0.05) is 19.4 Å². The number of carbonyl (C=O) groups is 1. The highest BCUT2D eigenvalue weighted by Crippen LogP contribution is 2.37. The van der Waals surface area contributed by atoms with E-state index in [4.69, 9.17) is 14.0 Å². The Morgan fingerprint density at radius 3 is 2.50 bits per heavy atom. The number of ether oxygens (including phenoxy) is 1. The summed E-state index contributed by atoms with van der Waals surface area (Å²) in [4.78, 5) is 12.5. The molecule has 1 aliphatic heterocycles. The molecule has 0 N–H and O–H groups in total. The lowest BCUT2D eigenvalue weighted by Crippen LogP contribution is -2.41. The summed E-state index contributed by atoms with van der Waals surface area (Å²) in [5, 5.41) is 0.706. The van der Waals surface area contributed by atoms with E-state index < -0.39 is 30.2 Å². The largest absolute Gasteiger partial charge is 0.497 e. The Hall–Kier alpha value is -1.86. The predicted molar refractivity (Wildman–Crippen MR) is 99.3 cm³/mol. The lowest BCUT2D eigenvalue weighted by molar-refractivity contribution is 0.00578. The molecule has 0 spiro atoms. The van der Waals surface area contributed by atoms with Crippen LogP contribution in [0.4, 0.5) is 9.18 Å². The molecule has 0 saturated carbocycles. The van der Waals surface area contributed by atoms with Crippen molar-refractivity contribution in [1.82, 2.24) is 4.57 Å². The molecule has 26 heavy (non-hydrogen) atoms. The number of hydrogen-bond donors (Lipinski definition) is 0. The van der Waals surface area contributed by atoms with Crippen LogP contribution in [0.5, 0.6) is 0 Å². The maximum absolute atomic E-state index is 13.8. The molecule has 1 aromatic carbocycles. The number of unbranched alkanes of at least 4 members (excludes halogenated alkanes) is 1. The highest BCUT2D eigenvalue weighted by molar-refractivity contribution is 6.65. The standard InChI is InChI=1S/C19H25BFNO4/c1-6-7-10-24-17(23)22-12-15(14-9-8-13(21)11-16(14)22)20-25-18(2,3)19(4,5)26-20/h8-9,11-12H,6-7,10H2,1-5H3. The Kier molecular flexibility index (Phi) is 4.88. The Balaban J connectivity index is 2.01. The summed E-state index contributed by atoms with van der Waals surface area (Å²) in [6.45, 7) is 10.2. The molecule has 3 rings (SSSR count). The van der Waals surface area contributed by atoms with Gasteiger partial charge in [0.2, 0.25) is 0 Å². The van der Waals surface area contributed by atoms with Gasteiger partial charge in [-0.15, -0.1) is 0 Å². The van der Waals surface area contributed by atoms with Crippen LogP contribution in [0.1, 0.15) is 47.5 Å². The van der Waals surface area contributed by atoms with Gasteiger partial charge >= 0.3 is 13.2 Å². The lowest BCUT2D eigenvalue weighted by Gasteiger charge is -2.32. The van der Waals surface area contributed by atoms with E-state index in [-0.39, 0.29) is 0 Å². The monoisotopic (exact) mass is 361 g/mol. The Bertz CT molecular complexity index is 814. The molecule has 1 aliphatic rings. The number of halogens is 1. The molecule has 0 aliphatic carbocycles. The Labute approximate surface area is 153 Å². The van der Waals surface area contributed by atoms with Gasteiger partial charge in [0, 0.05) is 17.0 Å². The average Bonchev–Trinajstić information content (AvgIpc) is 3.02. The van der Waals surface area contributed by atoms with Crippen LogP contribution < -0.4 is 5.46 Å². The second kappa shape index (κ2) is 6.70. The number of rotatable bonds is 4. The van der Waals surface area contributed by atoms with Gasteiger partial charge in [0.25, 0.3) is 0 Å². The van der Waals surface area contributed by atoms with E-state index in [9.17, 15) is 9.18 Å². The van der Waals surface area contributed by atoms with E-state index in [1.165, 1.54) is 16.7 Å². The molecule has 0 unspecified atom stereocenters. The van der Waals surface area contributed by atoms with Gasteiger partial charge < -0.3 is 14.0 Å². The molecule has 140 valence electrons. The SMILES string of the molecule is CCCCOC(=O)n1cc(B2OC(C)(C)C(C)(C)O2)c2ccc(F)cc21. The molecular weight excluding hydrogens is 336 g/mol. The number of hydrogen-bond acceptors (Lipinski definition) is 4. The minimum absolute atomic E-state index is 0.330. The topological polar surface area (TPSA) is 49.7 Å². The molecule has 7 heteroatoms. The van der Waals surface area contributed by atoms with Crippen molar-refractivity contribution >= 4 is 29.6 Å². The number of benzene rings is 1. The highest BCUT2D eigenvalue weighted by Gasteiger charge is 2.52. The second-order valence-corrected chi connectivity index (χ2v) is 7.67. The lowest BCUT2D eigenvalue weighted by atomic mass is 9.79. The summed E-state index contributed by atoms with van der Waals surface area (Å²) < 4.78 is 32.6. The van der Waals surface area contributed by atoms with E-state index in [0.717, 1.165) is 12.8 Å². The zero-order valence-electron chi connectivity index (χ0n) is 16.0. The van der Waals surface area contributed by atoms with E-state index >= 15 is 0 Å². The number of carbonyl (C=O) groups excluding carboxylic acids is 1.